The molecular formula is C10H22N2O2. The second-order valence-electron chi connectivity index (χ2n) is 4.38. The lowest BCUT2D eigenvalue weighted by Crippen LogP contribution is -2.48. The molecule has 1 atom stereocenters. The number of carboxylic acids is 1. The van der Waals surface area contributed by atoms with Gasteiger partial charge in [-0.1, -0.05) is 0 Å². The van der Waals surface area contributed by atoms with Crippen molar-refractivity contribution in [3.8, 4) is 0 Å². The smallest absolute Gasteiger partial charge is 0.323 e. The molecule has 0 aromatic carbocycles. The first kappa shape index (κ1) is 13.4. The van der Waals surface area contributed by atoms with E-state index >= 15 is 0 Å². The lowest BCUT2D eigenvalue weighted by atomic mass is 9.94. The van der Waals surface area contributed by atoms with E-state index in [2.05, 4.69) is 4.90 Å². The van der Waals surface area contributed by atoms with Crippen molar-refractivity contribution in [3.05, 3.63) is 0 Å². The Morgan fingerprint density at radius 1 is 1.29 bits per heavy atom. The Bertz CT molecular complexity index is 193. The molecular weight excluding hydrogens is 180 g/mol. The topological polar surface area (TPSA) is 43.8 Å². The Hall–Kier alpha value is -0.610. The number of likely N-dealkylation sites (N-methyl/N-ethyl adjacent to an activating group) is 1. The molecule has 1 unspecified atom stereocenters. The van der Waals surface area contributed by atoms with Crippen LogP contribution in [-0.2, 0) is 4.79 Å². The highest BCUT2D eigenvalue weighted by Crippen LogP contribution is 2.18. The molecule has 0 fully saturated rings. The Kier molecular flexibility index (Phi) is 5.08. The van der Waals surface area contributed by atoms with Crippen molar-refractivity contribution in [3.63, 3.8) is 0 Å². The average molecular weight is 202 g/mol. The summed E-state index contributed by atoms with van der Waals surface area (Å²) >= 11 is 0. The van der Waals surface area contributed by atoms with E-state index in [1.807, 2.05) is 28.2 Å². The third-order valence-electron chi connectivity index (χ3n) is 2.72. The SMILES string of the molecule is CN(C)CCCC(C)(C(=O)O)N(C)C. The molecule has 0 aliphatic heterocycles. The molecule has 0 amide bonds. The van der Waals surface area contributed by atoms with Crippen LogP contribution in [0.2, 0.25) is 0 Å². The second kappa shape index (κ2) is 5.32. The molecule has 0 aromatic rings. The highest BCUT2D eigenvalue weighted by atomic mass is 16.4. The highest BCUT2D eigenvalue weighted by molar-refractivity contribution is 5.78. The summed E-state index contributed by atoms with van der Waals surface area (Å²) in [5, 5.41) is 9.11. The lowest BCUT2D eigenvalue weighted by molar-refractivity contribution is -0.149. The van der Waals surface area contributed by atoms with Crippen molar-refractivity contribution in [2.75, 3.05) is 34.7 Å². The molecule has 0 rings (SSSR count). The van der Waals surface area contributed by atoms with E-state index in [-0.39, 0.29) is 0 Å². The lowest BCUT2D eigenvalue weighted by Gasteiger charge is -2.32. The standard InChI is InChI=1S/C10H22N2O2/c1-10(9(13)14,12(4)5)7-6-8-11(2)3/h6-8H2,1-5H3,(H,13,14). The van der Waals surface area contributed by atoms with Crippen molar-refractivity contribution in [2.24, 2.45) is 0 Å². The van der Waals surface area contributed by atoms with Gasteiger partial charge in [-0.3, -0.25) is 9.69 Å². The number of hydrogen-bond donors (Lipinski definition) is 1. The molecule has 0 bridgehead atoms. The molecule has 0 heterocycles. The molecule has 84 valence electrons. The minimum atomic E-state index is -0.749. The predicted octanol–water partition coefficient (Wildman–Crippen LogP) is 0.733. The summed E-state index contributed by atoms with van der Waals surface area (Å²) in [4.78, 5) is 14.9. The first-order valence-electron chi connectivity index (χ1n) is 4.86. The Balaban J connectivity index is 4.18. The van der Waals surface area contributed by atoms with Gasteiger partial charge in [-0.2, -0.15) is 0 Å². The zero-order valence-corrected chi connectivity index (χ0v) is 9.87. The van der Waals surface area contributed by atoms with Gasteiger partial charge in [0.2, 0.25) is 0 Å². The molecule has 0 aliphatic rings. The van der Waals surface area contributed by atoms with Gasteiger partial charge in [0.1, 0.15) is 5.54 Å². The van der Waals surface area contributed by atoms with Gasteiger partial charge in [-0.05, 0) is 54.5 Å². The zero-order valence-electron chi connectivity index (χ0n) is 9.87. The predicted molar refractivity (Wildman–Crippen MR) is 57.5 cm³/mol. The normalized spacial score (nSPS) is 15.9. The molecule has 4 heteroatoms. The minimum absolute atomic E-state index is 0.674. The third kappa shape index (κ3) is 3.64. The zero-order chi connectivity index (χ0) is 11.4. The number of hydrogen-bond acceptors (Lipinski definition) is 3. The molecule has 0 radical (unpaired) electrons. The van der Waals surface area contributed by atoms with Gasteiger partial charge in [0.25, 0.3) is 0 Å². The van der Waals surface area contributed by atoms with Crippen LogP contribution in [0.5, 0.6) is 0 Å². The van der Waals surface area contributed by atoms with Gasteiger partial charge in [0, 0.05) is 0 Å². The van der Waals surface area contributed by atoms with E-state index in [4.69, 9.17) is 5.11 Å². The van der Waals surface area contributed by atoms with Crippen molar-refractivity contribution in [2.45, 2.75) is 25.3 Å². The quantitative estimate of drug-likeness (QED) is 0.689. The largest absolute Gasteiger partial charge is 0.480 e. The summed E-state index contributed by atoms with van der Waals surface area (Å²) in [6.45, 7) is 2.70. The number of carbonyl (C=O) groups is 1. The number of rotatable bonds is 6. The van der Waals surface area contributed by atoms with Crippen LogP contribution in [0.1, 0.15) is 19.8 Å². The van der Waals surface area contributed by atoms with E-state index in [0.29, 0.717) is 6.42 Å². The monoisotopic (exact) mass is 202 g/mol. The van der Waals surface area contributed by atoms with Crippen molar-refractivity contribution in [1.29, 1.82) is 0 Å². The fraction of sp³-hybridized carbons (Fsp3) is 0.900. The fourth-order valence-corrected chi connectivity index (χ4v) is 1.26. The maximum atomic E-state index is 11.1. The summed E-state index contributed by atoms with van der Waals surface area (Å²) in [7, 11) is 7.61. The molecule has 0 spiro atoms. The molecule has 0 saturated heterocycles. The maximum Gasteiger partial charge on any atom is 0.323 e. The van der Waals surface area contributed by atoms with Crippen LogP contribution >= 0.6 is 0 Å². The van der Waals surface area contributed by atoms with Gasteiger partial charge in [-0.15, -0.1) is 0 Å². The van der Waals surface area contributed by atoms with E-state index < -0.39 is 11.5 Å². The van der Waals surface area contributed by atoms with Gasteiger partial charge < -0.3 is 10.0 Å². The summed E-state index contributed by atoms with van der Waals surface area (Å²) < 4.78 is 0. The number of carboxylic acid groups (broad SMARTS) is 1. The minimum Gasteiger partial charge on any atom is -0.480 e. The van der Waals surface area contributed by atoms with Crippen LogP contribution in [0.25, 0.3) is 0 Å². The molecule has 0 aliphatic carbocycles. The van der Waals surface area contributed by atoms with Crippen LogP contribution in [0, 0.1) is 0 Å². The molecule has 0 aromatic heterocycles. The van der Waals surface area contributed by atoms with Crippen molar-refractivity contribution in [1.82, 2.24) is 9.80 Å². The van der Waals surface area contributed by atoms with E-state index in [0.717, 1.165) is 13.0 Å². The number of nitrogens with zero attached hydrogens (tertiary/aromatic N) is 2. The Morgan fingerprint density at radius 3 is 2.07 bits per heavy atom. The van der Waals surface area contributed by atoms with Gasteiger partial charge >= 0.3 is 5.97 Å². The van der Waals surface area contributed by atoms with Crippen LogP contribution in [-0.4, -0.2) is 61.2 Å². The van der Waals surface area contributed by atoms with E-state index in [1.165, 1.54) is 0 Å². The van der Waals surface area contributed by atoms with Gasteiger partial charge in [0.05, 0.1) is 0 Å². The Morgan fingerprint density at radius 2 is 1.79 bits per heavy atom. The molecule has 4 nitrogen and oxygen atoms in total. The van der Waals surface area contributed by atoms with E-state index in [9.17, 15) is 4.79 Å². The highest BCUT2D eigenvalue weighted by Gasteiger charge is 2.34. The summed E-state index contributed by atoms with van der Waals surface area (Å²) in [6, 6.07) is 0. The summed E-state index contributed by atoms with van der Waals surface area (Å²) in [6.07, 6.45) is 1.57. The van der Waals surface area contributed by atoms with Gasteiger partial charge in [0.15, 0.2) is 0 Å². The maximum absolute atomic E-state index is 11.1. The summed E-state index contributed by atoms with van der Waals surface area (Å²) in [5.74, 6) is -0.749. The fourth-order valence-electron chi connectivity index (χ4n) is 1.26. The van der Waals surface area contributed by atoms with Crippen LogP contribution < -0.4 is 0 Å². The third-order valence-corrected chi connectivity index (χ3v) is 2.72. The second-order valence-corrected chi connectivity index (χ2v) is 4.38. The van der Waals surface area contributed by atoms with Crippen LogP contribution in [0.3, 0.4) is 0 Å². The first-order valence-corrected chi connectivity index (χ1v) is 4.86. The Labute approximate surface area is 86.5 Å². The molecule has 1 N–H and O–H groups in total. The van der Waals surface area contributed by atoms with E-state index in [1.54, 1.807) is 11.8 Å². The van der Waals surface area contributed by atoms with Crippen molar-refractivity contribution >= 4 is 5.97 Å². The first-order chi connectivity index (χ1) is 6.30. The van der Waals surface area contributed by atoms with Crippen molar-refractivity contribution < 1.29 is 9.90 Å². The molecule has 14 heavy (non-hydrogen) atoms. The number of aliphatic carboxylic acids is 1. The van der Waals surface area contributed by atoms with Crippen LogP contribution in [0.4, 0.5) is 0 Å². The molecule has 0 saturated carbocycles. The van der Waals surface area contributed by atoms with Crippen LogP contribution in [0.15, 0.2) is 0 Å². The van der Waals surface area contributed by atoms with Gasteiger partial charge in [-0.25, -0.2) is 0 Å². The average Bonchev–Trinajstić information content (AvgIpc) is 2.02. The summed E-state index contributed by atoms with van der Waals surface area (Å²) in [5.41, 5.74) is -0.740.